The smallest absolute Gasteiger partial charge is 0.251 e. The molecule has 6 heteroatoms. The van der Waals surface area contributed by atoms with E-state index in [0.717, 1.165) is 36.5 Å². The Kier molecular flexibility index (Phi) is 5.97. The van der Waals surface area contributed by atoms with Gasteiger partial charge >= 0.3 is 0 Å². The first-order valence-electron chi connectivity index (χ1n) is 12.8. The maximum Gasteiger partial charge on any atom is 0.251 e. The van der Waals surface area contributed by atoms with Crippen LogP contribution in [0.5, 0.6) is 5.75 Å². The van der Waals surface area contributed by atoms with Crippen LogP contribution in [-0.4, -0.2) is 53.4 Å². The van der Waals surface area contributed by atoms with Crippen molar-refractivity contribution in [2.75, 3.05) is 26.7 Å². The summed E-state index contributed by atoms with van der Waals surface area (Å²) in [4.78, 5) is 15.2. The van der Waals surface area contributed by atoms with Gasteiger partial charge in [-0.25, -0.2) is 0 Å². The van der Waals surface area contributed by atoms with Crippen LogP contribution in [0.2, 0.25) is 0 Å². The Morgan fingerprint density at radius 2 is 1.86 bits per heavy atom. The number of fused-ring (bicyclic) bond motifs is 4. The fourth-order valence-corrected chi connectivity index (χ4v) is 6.06. The average molecular weight is 481 g/mol. The van der Waals surface area contributed by atoms with Crippen LogP contribution in [0.15, 0.2) is 72.8 Å². The van der Waals surface area contributed by atoms with E-state index in [1.54, 1.807) is 7.11 Å². The third kappa shape index (κ3) is 4.26. The second-order valence-electron chi connectivity index (χ2n) is 10.1. The van der Waals surface area contributed by atoms with Gasteiger partial charge in [-0.3, -0.25) is 14.4 Å². The third-order valence-corrected chi connectivity index (χ3v) is 8.07. The van der Waals surface area contributed by atoms with Gasteiger partial charge < -0.3 is 10.1 Å². The Morgan fingerprint density at radius 1 is 1.06 bits per heavy atom. The first-order valence-corrected chi connectivity index (χ1v) is 12.8. The Hall–Kier alpha value is -3.64. The summed E-state index contributed by atoms with van der Waals surface area (Å²) in [6, 6.07) is 25.0. The lowest BCUT2D eigenvalue weighted by Gasteiger charge is -2.50. The highest BCUT2D eigenvalue weighted by Gasteiger charge is 2.41. The summed E-state index contributed by atoms with van der Waals surface area (Å²) in [6.45, 7) is 2.80. The summed E-state index contributed by atoms with van der Waals surface area (Å²) in [7, 11) is 3.70. The summed E-state index contributed by atoms with van der Waals surface area (Å²) < 4.78 is 7.27. The SMILES string of the molecule is COc1ccc(C(=O)NC[C@H]2C[C@@H]3CCN2C[C@H]3c2cc(-c3ccc4ccccc4c3)nn2C)cc1. The van der Waals surface area contributed by atoms with Gasteiger partial charge in [-0.1, -0.05) is 36.4 Å². The fraction of sp³-hybridized carbons (Fsp3) is 0.333. The number of ether oxygens (including phenoxy) is 1. The summed E-state index contributed by atoms with van der Waals surface area (Å²) in [5, 5.41) is 10.6. The van der Waals surface area contributed by atoms with Crippen LogP contribution in [0.1, 0.15) is 34.8 Å². The summed E-state index contributed by atoms with van der Waals surface area (Å²) in [5.74, 6) is 1.81. The zero-order valence-corrected chi connectivity index (χ0v) is 20.9. The van der Waals surface area contributed by atoms with Crippen LogP contribution >= 0.6 is 0 Å². The first-order chi connectivity index (χ1) is 17.6. The number of nitrogens with zero attached hydrogens (tertiary/aromatic N) is 3. The average Bonchev–Trinajstić information content (AvgIpc) is 3.33. The van der Waals surface area contributed by atoms with E-state index in [-0.39, 0.29) is 5.91 Å². The molecule has 3 aromatic carbocycles. The number of piperidine rings is 3. The zero-order valence-electron chi connectivity index (χ0n) is 20.9. The van der Waals surface area contributed by atoms with E-state index >= 15 is 0 Å². The molecule has 3 fully saturated rings. The monoisotopic (exact) mass is 480 g/mol. The molecule has 4 atom stereocenters. The molecule has 6 nitrogen and oxygen atoms in total. The van der Waals surface area contributed by atoms with Crippen molar-refractivity contribution in [3.63, 3.8) is 0 Å². The fourth-order valence-electron chi connectivity index (χ4n) is 6.06. The molecule has 0 saturated carbocycles. The molecule has 3 saturated heterocycles. The van der Waals surface area contributed by atoms with Gasteiger partial charge in [0.2, 0.25) is 0 Å². The molecule has 1 amide bonds. The van der Waals surface area contributed by atoms with Crippen LogP contribution < -0.4 is 10.1 Å². The molecule has 3 aliphatic heterocycles. The largest absolute Gasteiger partial charge is 0.497 e. The van der Waals surface area contributed by atoms with Crippen molar-refractivity contribution in [1.29, 1.82) is 0 Å². The summed E-state index contributed by atoms with van der Waals surface area (Å²) in [6.07, 6.45) is 2.30. The van der Waals surface area contributed by atoms with Crippen LogP contribution in [-0.2, 0) is 7.05 Å². The number of aromatic nitrogens is 2. The molecule has 36 heavy (non-hydrogen) atoms. The first kappa shape index (κ1) is 22.8. The van der Waals surface area contributed by atoms with E-state index in [1.807, 2.05) is 24.3 Å². The van der Waals surface area contributed by atoms with Crippen molar-refractivity contribution in [2.24, 2.45) is 13.0 Å². The Balaban J connectivity index is 1.13. The summed E-state index contributed by atoms with van der Waals surface area (Å²) >= 11 is 0. The second kappa shape index (κ2) is 9.43. The van der Waals surface area contributed by atoms with Crippen molar-refractivity contribution in [3.8, 4) is 17.0 Å². The molecule has 1 aromatic heterocycles. The molecule has 184 valence electrons. The van der Waals surface area contributed by atoms with E-state index in [2.05, 4.69) is 70.5 Å². The highest BCUT2D eigenvalue weighted by Crippen LogP contribution is 2.42. The van der Waals surface area contributed by atoms with Crippen LogP contribution in [0.25, 0.3) is 22.0 Å². The topological polar surface area (TPSA) is 59.4 Å². The number of aryl methyl sites for hydroxylation is 1. The van der Waals surface area contributed by atoms with Gasteiger partial charge in [-0.05, 0) is 72.5 Å². The number of carbonyl (C=O) groups is 1. The molecule has 0 radical (unpaired) electrons. The Labute approximate surface area is 211 Å². The molecule has 1 unspecified atom stereocenters. The molecule has 0 spiro atoms. The van der Waals surface area contributed by atoms with Crippen LogP contribution in [0.3, 0.4) is 0 Å². The standard InChI is InChI=1S/C30H32N4O2/c1-33-29(17-28(32-33)24-8-7-20-5-3-4-6-22(20)15-24)27-19-34-14-13-23(27)16-25(34)18-31-30(35)21-9-11-26(36-2)12-10-21/h3-12,15,17,23,25,27H,13-14,16,18-19H2,1-2H3,(H,31,35)/t23-,25+,27+/m0/s1. The minimum Gasteiger partial charge on any atom is -0.497 e. The number of hydrogen-bond acceptors (Lipinski definition) is 4. The Morgan fingerprint density at radius 3 is 2.61 bits per heavy atom. The highest BCUT2D eigenvalue weighted by atomic mass is 16.5. The molecular formula is C30H32N4O2. The van der Waals surface area contributed by atoms with Crippen LogP contribution in [0.4, 0.5) is 0 Å². The van der Waals surface area contributed by atoms with E-state index in [9.17, 15) is 4.79 Å². The predicted octanol–water partition coefficient (Wildman–Crippen LogP) is 4.86. The minimum atomic E-state index is -0.0245. The second-order valence-corrected chi connectivity index (χ2v) is 10.1. The lowest BCUT2D eigenvalue weighted by molar-refractivity contribution is 0.0280. The van der Waals surface area contributed by atoms with Crippen molar-refractivity contribution in [1.82, 2.24) is 20.0 Å². The highest BCUT2D eigenvalue weighted by molar-refractivity contribution is 5.94. The Bertz CT molecular complexity index is 1390. The van der Waals surface area contributed by atoms with Crippen molar-refractivity contribution in [2.45, 2.75) is 24.8 Å². The van der Waals surface area contributed by atoms with E-state index in [4.69, 9.17) is 9.84 Å². The number of carbonyl (C=O) groups excluding carboxylic acids is 1. The molecule has 4 heterocycles. The minimum absolute atomic E-state index is 0.0245. The predicted molar refractivity (Wildman–Crippen MR) is 142 cm³/mol. The number of methoxy groups -OCH3 is 1. The number of amides is 1. The molecular weight excluding hydrogens is 448 g/mol. The number of nitrogens with one attached hydrogen (secondary N) is 1. The van der Waals surface area contributed by atoms with Gasteiger partial charge in [-0.2, -0.15) is 5.10 Å². The molecule has 7 rings (SSSR count). The molecule has 4 aromatic rings. The zero-order chi connectivity index (χ0) is 24.6. The molecule has 2 bridgehead atoms. The van der Waals surface area contributed by atoms with Gasteiger partial charge in [0.1, 0.15) is 5.75 Å². The molecule has 3 aliphatic rings. The van der Waals surface area contributed by atoms with E-state index < -0.39 is 0 Å². The van der Waals surface area contributed by atoms with Crippen molar-refractivity contribution < 1.29 is 9.53 Å². The van der Waals surface area contributed by atoms with E-state index in [0.29, 0.717) is 30.0 Å². The lowest BCUT2D eigenvalue weighted by atomic mass is 9.74. The number of hydrogen-bond donors (Lipinski definition) is 1. The van der Waals surface area contributed by atoms with Gasteiger partial charge in [-0.15, -0.1) is 0 Å². The number of benzene rings is 3. The molecule has 0 aliphatic carbocycles. The van der Waals surface area contributed by atoms with Crippen molar-refractivity contribution >= 4 is 16.7 Å². The maximum absolute atomic E-state index is 12.7. The van der Waals surface area contributed by atoms with Crippen LogP contribution in [0, 0.1) is 5.92 Å². The summed E-state index contributed by atoms with van der Waals surface area (Å²) in [5.41, 5.74) is 4.18. The van der Waals surface area contributed by atoms with E-state index in [1.165, 1.54) is 22.9 Å². The quantitative estimate of drug-likeness (QED) is 0.428. The van der Waals surface area contributed by atoms with Gasteiger partial charge in [0.25, 0.3) is 5.91 Å². The molecule has 1 N–H and O–H groups in total. The lowest BCUT2D eigenvalue weighted by Crippen LogP contribution is -2.56. The normalized spacial score (nSPS) is 23.1. The van der Waals surface area contributed by atoms with Crippen molar-refractivity contribution in [3.05, 3.63) is 84.1 Å². The van der Waals surface area contributed by atoms with Gasteiger partial charge in [0.05, 0.1) is 12.8 Å². The van der Waals surface area contributed by atoms with Gasteiger partial charge in [0.15, 0.2) is 0 Å². The maximum atomic E-state index is 12.7. The third-order valence-electron chi connectivity index (χ3n) is 8.07. The number of rotatable bonds is 6. The van der Waals surface area contributed by atoms with Gasteiger partial charge in [0, 0.05) is 48.9 Å².